The van der Waals surface area contributed by atoms with Crippen LogP contribution < -0.4 is 11.3 Å². The van der Waals surface area contributed by atoms with Gasteiger partial charge in [0.2, 0.25) is 0 Å². The lowest BCUT2D eigenvalue weighted by molar-refractivity contribution is -0.121. The second-order valence-electron chi connectivity index (χ2n) is 3.45. The first-order valence-corrected chi connectivity index (χ1v) is 5.49. The number of imide groups is 1. The molecular formula is C10H8BrN3O3. The summed E-state index contributed by atoms with van der Waals surface area (Å²) in [4.78, 5) is 35.7. The number of carbonyl (C=O) groups excluding carboxylic acids is 3. The standard InChI is InChI=1S/C10H8BrN3O3/c11-5-1-2-6-7(3-5)10(17)14(9(6)16)4-8(15)13-12/h1-3H,4,12H2,(H,13,15). The van der Waals surface area contributed by atoms with Crippen molar-refractivity contribution in [2.45, 2.75) is 0 Å². The van der Waals surface area contributed by atoms with Gasteiger partial charge in [-0.1, -0.05) is 15.9 Å². The molecule has 0 aliphatic carbocycles. The summed E-state index contributed by atoms with van der Waals surface area (Å²) in [6.45, 7) is -0.375. The summed E-state index contributed by atoms with van der Waals surface area (Å²) in [6.07, 6.45) is 0. The number of fused-ring (bicyclic) bond motifs is 1. The highest BCUT2D eigenvalue weighted by molar-refractivity contribution is 9.10. The maximum absolute atomic E-state index is 11.9. The van der Waals surface area contributed by atoms with Crippen LogP contribution in [0.5, 0.6) is 0 Å². The third-order valence-electron chi connectivity index (χ3n) is 2.40. The third-order valence-corrected chi connectivity index (χ3v) is 2.89. The van der Waals surface area contributed by atoms with Crippen LogP contribution in [0.15, 0.2) is 22.7 Å². The van der Waals surface area contributed by atoms with Gasteiger partial charge in [-0.25, -0.2) is 5.84 Å². The zero-order valence-electron chi connectivity index (χ0n) is 8.57. The van der Waals surface area contributed by atoms with Gasteiger partial charge >= 0.3 is 0 Å². The van der Waals surface area contributed by atoms with Gasteiger partial charge in [-0.15, -0.1) is 0 Å². The molecular weight excluding hydrogens is 290 g/mol. The number of hydrazine groups is 1. The van der Waals surface area contributed by atoms with Gasteiger partial charge in [-0.3, -0.25) is 24.7 Å². The molecule has 1 aromatic carbocycles. The predicted molar refractivity (Wildman–Crippen MR) is 61.8 cm³/mol. The van der Waals surface area contributed by atoms with E-state index in [9.17, 15) is 14.4 Å². The van der Waals surface area contributed by atoms with E-state index < -0.39 is 17.7 Å². The molecule has 6 nitrogen and oxygen atoms in total. The zero-order chi connectivity index (χ0) is 12.6. The van der Waals surface area contributed by atoms with Crippen molar-refractivity contribution in [3.63, 3.8) is 0 Å². The van der Waals surface area contributed by atoms with Crippen LogP contribution in [-0.2, 0) is 4.79 Å². The molecule has 0 radical (unpaired) electrons. The molecule has 0 saturated carbocycles. The fourth-order valence-electron chi connectivity index (χ4n) is 1.60. The Hall–Kier alpha value is -1.73. The Bertz CT molecular complexity index is 530. The summed E-state index contributed by atoms with van der Waals surface area (Å²) < 4.78 is 0.697. The van der Waals surface area contributed by atoms with Crippen molar-refractivity contribution in [1.29, 1.82) is 0 Å². The lowest BCUT2D eigenvalue weighted by atomic mass is 10.1. The van der Waals surface area contributed by atoms with E-state index in [1.807, 2.05) is 5.43 Å². The highest BCUT2D eigenvalue weighted by atomic mass is 79.9. The molecule has 17 heavy (non-hydrogen) atoms. The van der Waals surface area contributed by atoms with Gasteiger partial charge < -0.3 is 0 Å². The van der Waals surface area contributed by atoms with Crippen LogP contribution in [0.1, 0.15) is 20.7 Å². The fourth-order valence-corrected chi connectivity index (χ4v) is 1.96. The molecule has 0 atom stereocenters. The molecule has 1 aliphatic heterocycles. The molecule has 0 fully saturated rings. The Morgan fingerprint density at radius 3 is 2.59 bits per heavy atom. The smallest absolute Gasteiger partial charge is 0.262 e. The highest BCUT2D eigenvalue weighted by Gasteiger charge is 2.36. The van der Waals surface area contributed by atoms with Crippen LogP contribution in [0.25, 0.3) is 0 Å². The minimum atomic E-state index is -0.599. The number of nitrogens with zero attached hydrogens (tertiary/aromatic N) is 1. The minimum Gasteiger partial charge on any atom is -0.293 e. The van der Waals surface area contributed by atoms with Crippen LogP contribution in [0.4, 0.5) is 0 Å². The van der Waals surface area contributed by atoms with Crippen LogP contribution in [0, 0.1) is 0 Å². The van der Waals surface area contributed by atoms with E-state index in [2.05, 4.69) is 15.9 Å². The molecule has 0 bridgehead atoms. The fraction of sp³-hybridized carbons (Fsp3) is 0.100. The first-order valence-electron chi connectivity index (χ1n) is 4.70. The van der Waals surface area contributed by atoms with Gasteiger partial charge in [-0.05, 0) is 18.2 Å². The normalized spacial score (nSPS) is 13.9. The average molecular weight is 298 g/mol. The van der Waals surface area contributed by atoms with Gasteiger partial charge in [0.15, 0.2) is 0 Å². The van der Waals surface area contributed by atoms with Crippen molar-refractivity contribution >= 4 is 33.7 Å². The molecule has 3 amide bonds. The molecule has 1 aromatic rings. The Kier molecular flexibility index (Phi) is 2.95. The lowest BCUT2D eigenvalue weighted by Gasteiger charge is -2.11. The first kappa shape index (κ1) is 11.7. The summed E-state index contributed by atoms with van der Waals surface area (Å²) in [5.41, 5.74) is 2.46. The molecule has 0 saturated heterocycles. The largest absolute Gasteiger partial charge is 0.293 e. The molecule has 1 heterocycles. The van der Waals surface area contributed by atoms with Crippen LogP contribution in [0.2, 0.25) is 0 Å². The first-order chi connectivity index (χ1) is 8.04. The summed E-state index contributed by atoms with van der Waals surface area (Å²) in [7, 11) is 0. The number of benzene rings is 1. The van der Waals surface area contributed by atoms with E-state index in [4.69, 9.17) is 5.84 Å². The number of nitrogens with one attached hydrogen (secondary N) is 1. The molecule has 2 rings (SSSR count). The third kappa shape index (κ3) is 1.94. The maximum Gasteiger partial charge on any atom is 0.262 e. The number of halogens is 1. The minimum absolute atomic E-state index is 0.286. The monoisotopic (exact) mass is 297 g/mol. The second kappa shape index (κ2) is 4.27. The van der Waals surface area contributed by atoms with Crippen molar-refractivity contribution in [3.05, 3.63) is 33.8 Å². The van der Waals surface area contributed by atoms with Gasteiger partial charge in [0, 0.05) is 4.47 Å². The molecule has 0 unspecified atom stereocenters. The van der Waals surface area contributed by atoms with Gasteiger partial charge in [0.05, 0.1) is 11.1 Å². The van der Waals surface area contributed by atoms with Crippen molar-refractivity contribution in [2.75, 3.05) is 6.54 Å². The quantitative estimate of drug-likeness (QED) is 0.349. The van der Waals surface area contributed by atoms with Gasteiger partial charge in [-0.2, -0.15) is 0 Å². The van der Waals surface area contributed by atoms with E-state index in [1.54, 1.807) is 18.2 Å². The number of hydrogen-bond donors (Lipinski definition) is 2. The van der Waals surface area contributed by atoms with Crippen molar-refractivity contribution in [2.24, 2.45) is 5.84 Å². The van der Waals surface area contributed by atoms with E-state index in [1.165, 1.54) is 0 Å². The van der Waals surface area contributed by atoms with Crippen molar-refractivity contribution < 1.29 is 14.4 Å². The second-order valence-corrected chi connectivity index (χ2v) is 4.37. The van der Waals surface area contributed by atoms with Crippen LogP contribution in [-0.4, -0.2) is 29.2 Å². The lowest BCUT2D eigenvalue weighted by Crippen LogP contribution is -2.42. The molecule has 3 N–H and O–H groups in total. The van der Waals surface area contributed by atoms with E-state index in [0.717, 1.165) is 4.90 Å². The maximum atomic E-state index is 11.9. The average Bonchev–Trinajstić information content (AvgIpc) is 2.54. The highest BCUT2D eigenvalue weighted by Crippen LogP contribution is 2.25. The van der Waals surface area contributed by atoms with E-state index in [-0.39, 0.29) is 12.1 Å². The predicted octanol–water partition coefficient (Wildman–Crippen LogP) is 0.0350. The molecule has 0 spiro atoms. The Morgan fingerprint density at radius 2 is 1.94 bits per heavy atom. The van der Waals surface area contributed by atoms with Crippen LogP contribution >= 0.6 is 15.9 Å². The number of amides is 3. The Morgan fingerprint density at radius 1 is 1.29 bits per heavy atom. The number of rotatable bonds is 2. The molecule has 88 valence electrons. The van der Waals surface area contributed by atoms with Crippen molar-refractivity contribution in [1.82, 2.24) is 10.3 Å². The zero-order valence-corrected chi connectivity index (χ0v) is 10.2. The van der Waals surface area contributed by atoms with Crippen molar-refractivity contribution in [3.8, 4) is 0 Å². The SMILES string of the molecule is NNC(=O)CN1C(=O)c2ccc(Br)cc2C1=O. The number of carbonyl (C=O) groups is 3. The van der Waals surface area contributed by atoms with Crippen LogP contribution in [0.3, 0.4) is 0 Å². The summed E-state index contributed by atoms with van der Waals surface area (Å²) in [5.74, 6) is 3.34. The molecule has 1 aliphatic rings. The van der Waals surface area contributed by atoms with Gasteiger partial charge in [0.25, 0.3) is 17.7 Å². The van der Waals surface area contributed by atoms with E-state index >= 15 is 0 Å². The Labute approximate surface area is 105 Å². The summed E-state index contributed by atoms with van der Waals surface area (Å²) in [5, 5.41) is 0. The van der Waals surface area contributed by atoms with Gasteiger partial charge in [0.1, 0.15) is 6.54 Å². The molecule has 7 heteroatoms. The number of nitrogens with two attached hydrogens (primary N) is 1. The summed E-state index contributed by atoms with van der Waals surface area (Å²) >= 11 is 3.22. The topological polar surface area (TPSA) is 92.5 Å². The molecule has 0 aromatic heterocycles. The van der Waals surface area contributed by atoms with E-state index in [0.29, 0.717) is 10.0 Å². The number of hydrogen-bond acceptors (Lipinski definition) is 4. The summed E-state index contributed by atoms with van der Waals surface area (Å²) in [6, 6.07) is 4.76. The Balaban J connectivity index is 2.35.